The first-order valence-electron chi connectivity index (χ1n) is 7.63. The van der Waals surface area contributed by atoms with Crippen LogP contribution in [0.1, 0.15) is 25.8 Å². The number of urea groups is 1. The van der Waals surface area contributed by atoms with E-state index in [0.29, 0.717) is 17.8 Å². The van der Waals surface area contributed by atoms with Crippen LogP contribution in [-0.2, 0) is 11.3 Å². The van der Waals surface area contributed by atoms with Gasteiger partial charge in [0.05, 0.1) is 5.69 Å². The average Bonchev–Trinajstić information content (AvgIpc) is 2.50. The lowest BCUT2D eigenvalue weighted by molar-refractivity contribution is -0.122. The molecule has 0 unspecified atom stereocenters. The number of amides is 3. The molecule has 3 N–H and O–H groups in total. The maximum atomic E-state index is 13.8. The van der Waals surface area contributed by atoms with Crippen molar-refractivity contribution in [1.29, 1.82) is 0 Å². The Bertz CT molecular complexity index is 549. The molecule has 3 amide bonds. The number of carbonyl (C=O) groups is 2. The molecule has 1 atom stereocenters. The third kappa shape index (κ3) is 6.14. The maximum Gasteiger partial charge on any atom is 0.315 e. The highest BCUT2D eigenvalue weighted by Gasteiger charge is 2.14. The topological polar surface area (TPSA) is 73.5 Å². The van der Waals surface area contributed by atoms with Crippen molar-refractivity contribution in [3.05, 3.63) is 29.6 Å². The number of hydrogen-bond donors (Lipinski definition) is 3. The molecule has 0 heterocycles. The second kappa shape index (κ2) is 8.97. The van der Waals surface area contributed by atoms with E-state index in [0.717, 1.165) is 6.42 Å². The molecular weight excluding hydrogens is 299 g/mol. The molecule has 0 aliphatic rings. The van der Waals surface area contributed by atoms with Gasteiger partial charge in [0.2, 0.25) is 5.91 Å². The van der Waals surface area contributed by atoms with Crippen LogP contribution in [0.15, 0.2) is 18.2 Å². The Kier molecular flexibility index (Phi) is 7.31. The van der Waals surface area contributed by atoms with Crippen molar-refractivity contribution < 1.29 is 14.0 Å². The van der Waals surface area contributed by atoms with Crippen LogP contribution in [0, 0.1) is 5.82 Å². The van der Waals surface area contributed by atoms with Gasteiger partial charge in [-0.2, -0.15) is 0 Å². The highest BCUT2D eigenvalue weighted by molar-refractivity contribution is 5.86. The first-order valence-corrected chi connectivity index (χ1v) is 7.63. The molecule has 23 heavy (non-hydrogen) atoms. The van der Waals surface area contributed by atoms with Crippen molar-refractivity contribution in [2.75, 3.05) is 25.5 Å². The molecule has 0 spiro atoms. The van der Waals surface area contributed by atoms with Crippen LogP contribution in [0.2, 0.25) is 0 Å². The normalized spacial score (nSPS) is 11.5. The predicted octanol–water partition coefficient (Wildman–Crippen LogP) is 1.61. The number of carbonyl (C=O) groups excluding carboxylic acids is 2. The van der Waals surface area contributed by atoms with E-state index in [4.69, 9.17) is 0 Å². The Labute approximate surface area is 136 Å². The molecule has 0 saturated heterocycles. The fourth-order valence-corrected chi connectivity index (χ4v) is 1.92. The SMILES string of the molecule is CCCNC(=O)[C@@H](C)NC(=O)NCc1ccc(N(C)C)c(F)c1. The van der Waals surface area contributed by atoms with E-state index in [9.17, 15) is 14.0 Å². The van der Waals surface area contributed by atoms with Gasteiger partial charge < -0.3 is 20.9 Å². The molecule has 1 rings (SSSR count). The van der Waals surface area contributed by atoms with Crippen molar-refractivity contribution in [1.82, 2.24) is 16.0 Å². The molecule has 0 radical (unpaired) electrons. The summed E-state index contributed by atoms with van der Waals surface area (Å²) in [5, 5.41) is 7.85. The van der Waals surface area contributed by atoms with E-state index < -0.39 is 12.1 Å². The van der Waals surface area contributed by atoms with Crippen molar-refractivity contribution >= 4 is 17.6 Å². The van der Waals surface area contributed by atoms with E-state index in [1.807, 2.05) is 6.92 Å². The molecule has 7 heteroatoms. The summed E-state index contributed by atoms with van der Waals surface area (Å²) >= 11 is 0. The van der Waals surface area contributed by atoms with Gasteiger partial charge in [-0.1, -0.05) is 13.0 Å². The van der Waals surface area contributed by atoms with Gasteiger partial charge in [0.1, 0.15) is 11.9 Å². The number of halogens is 1. The standard InChI is InChI=1S/C16H25FN4O2/c1-5-8-18-15(22)11(2)20-16(23)19-10-12-6-7-14(21(3)4)13(17)9-12/h6-7,9,11H,5,8,10H2,1-4H3,(H,18,22)(H2,19,20,23)/t11-/m1/s1. The molecule has 0 saturated carbocycles. The largest absolute Gasteiger partial charge is 0.375 e. The summed E-state index contributed by atoms with van der Waals surface area (Å²) in [5.74, 6) is -0.578. The zero-order valence-corrected chi connectivity index (χ0v) is 14.1. The molecule has 0 fully saturated rings. The van der Waals surface area contributed by atoms with Gasteiger partial charge in [0.15, 0.2) is 0 Å². The van der Waals surface area contributed by atoms with Crippen LogP contribution in [0.3, 0.4) is 0 Å². The summed E-state index contributed by atoms with van der Waals surface area (Å²) in [6.07, 6.45) is 0.833. The monoisotopic (exact) mass is 324 g/mol. The Morgan fingerprint density at radius 2 is 1.96 bits per heavy atom. The number of benzene rings is 1. The number of nitrogens with zero attached hydrogens (tertiary/aromatic N) is 1. The zero-order chi connectivity index (χ0) is 17.4. The number of rotatable bonds is 7. The van der Waals surface area contributed by atoms with Crippen LogP contribution in [0.25, 0.3) is 0 Å². The summed E-state index contributed by atoms with van der Waals surface area (Å²) in [7, 11) is 3.52. The predicted molar refractivity (Wildman–Crippen MR) is 88.9 cm³/mol. The fourth-order valence-electron chi connectivity index (χ4n) is 1.92. The lowest BCUT2D eigenvalue weighted by atomic mass is 10.2. The number of hydrogen-bond acceptors (Lipinski definition) is 3. The quantitative estimate of drug-likeness (QED) is 0.713. The van der Waals surface area contributed by atoms with Gasteiger partial charge in [-0.25, -0.2) is 9.18 Å². The molecule has 1 aromatic rings. The van der Waals surface area contributed by atoms with Gasteiger partial charge in [-0.15, -0.1) is 0 Å². The average molecular weight is 324 g/mol. The lowest BCUT2D eigenvalue weighted by Gasteiger charge is -2.16. The molecule has 0 bridgehead atoms. The Balaban J connectivity index is 2.47. The minimum Gasteiger partial charge on any atom is -0.375 e. The van der Waals surface area contributed by atoms with E-state index in [1.54, 1.807) is 38.1 Å². The Morgan fingerprint density at radius 1 is 1.26 bits per heavy atom. The van der Waals surface area contributed by atoms with Crippen molar-refractivity contribution in [3.63, 3.8) is 0 Å². The molecule has 1 aromatic carbocycles. The highest BCUT2D eigenvalue weighted by Crippen LogP contribution is 2.18. The van der Waals surface area contributed by atoms with Gasteiger partial charge in [0.25, 0.3) is 0 Å². The second-order valence-electron chi connectivity index (χ2n) is 5.52. The van der Waals surface area contributed by atoms with Crippen LogP contribution in [-0.4, -0.2) is 38.6 Å². The summed E-state index contributed by atoms with van der Waals surface area (Å²) in [6, 6.07) is 3.68. The van der Waals surface area contributed by atoms with Gasteiger partial charge in [0, 0.05) is 27.2 Å². The summed E-state index contributed by atoms with van der Waals surface area (Å²) in [5.41, 5.74) is 1.13. The first-order chi connectivity index (χ1) is 10.8. The van der Waals surface area contributed by atoms with Gasteiger partial charge in [-0.05, 0) is 31.0 Å². The Morgan fingerprint density at radius 3 is 2.52 bits per heavy atom. The first kappa shape index (κ1) is 18.7. The van der Waals surface area contributed by atoms with Gasteiger partial charge in [-0.3, -0.25) is 4.79 Å². The van der Waals surface area contributed by atoms with Crippen LogP contribution in [0.4, 0.5) is 14.9 Å². The zero-order valence-electron chi connectivity index (χ0n) is 14.1. The van der Waals surface area contributed by atoms with Gasteiger partial charge >= 0.3 is 6.03 Å². The number of anilines is 1. The second-order valence-corrected chi connectivity index (χ2v) is 5.52. The van der Waals surface area contributed by atoms with Crippen molar-refractivity contribution in [2.24, 2.45) is 0 Å². The fraction of sp³-hybridized carbons (Fsp3) is 0.500. The lowest BCUT2D eigenvalue weighted by Crippen LogP contribution is -2.48. The van der Waals surface area contributed by atoms with E-state index in [1.165, 1.54) is 6.07 Å². The third-order valence-corrected chi connectivity index (χ3v) is 3.24. The molecule has 0 aliphatic heterocycles. The molecule has 0 aliphatic carbocycles. The summed E-state index contributed by atoms with van der Waals surface area (Å²) < 4.78 is 13.8. The minimum absolute atomic E-state index is 0.180. The van der Waals surface area contributed by atoms with Crippen molar-refractivity contribution in [3.8, 4) is 0 Å². The smallest absolute Gasteiger partial charge is 0.315 e. The Hall–Kier alpha value is -2.31. The van der Waals surface area contributed by atoms with Crippen LogP contribution in [0.5, 0.6) is 0 Å². The third-order valence-electron chi connectivity index (χ3n) is 3.24. The molecule has 6 nitrogen and oxygen atoms in total. The molecule has 0 aromatic heterocycles. The van der Waals surface area contributed by atoms with E-state index in [-0.39, 0.29) is 18.3 Å². The number of nitrogens with one attached hydrogen (secondary N) is 3. The minimum atomic E-state index is -0.630. The van der Waals surface area contributed by atoms with E-state index in [2.05, 4.69) is 16.0 Å². The van der Waals surface area contributed by atoms with E-state index >= 15 is 0 Å². The molecule has 128 valence electrons. The van der Waals surface area contributed by atoms with Crippen LogP contribution >= 0.6 is 0 Å². The molecular formula is C16H25FN4O2. The highest BCUT2D eigenvalue weighted by atomic mass is 19.1. The summed E-state index contributed by atoms with van der Waals surface area (Å²) in [4.78, 5) is 25.1. The van der Waals surface area contributed by atoms with Crippen LogP contribution < -0.4 is 20.9 Å². The summed E-state index contributed by atoms with van der Waals surface area (Å²) in [6.45, 7) is 4.31. The maximum absolute atomic E-state index is 13.8. The van der Waals surface area contributed by atoms with Crippen molar-refractivity contribution in [2.45, 2.75) is 32.9 Å².